The van der Waals surface area contributed by atoms with E-state index in [0.717, 1.165) is 0 Å². The molecular formula is C14H24N2. The number of hydrogen-bond donors (Lipinski definition) is 1. The Labute approximate surface area is 99.7 Å². The largest absolute Gasteiger partial charge is 0.382 e. The summed E-state index contributed by atoms with van der Waals surface area (Å²) in [5.74, 6) is 0.697. The van der Waals surface area contributed by atoms with Crippen molar-refractivity contribution in [2.75, 3.05) is 24.3 Å². The highest BCUT2D eigenvalue weighted by Crippen LogP contribution is 2.20. The van der Waals surface area contributed by atoms with Gasteiger partial charge in [-0.05, 0) is 31.0 Å². The molecule has 2 nitrogen and oxygen atoms in total. The molecule has 0 aliphatic carbocycles. The van der Waals surface area contributed by atoms with E-state index in [1.165, 1.54) is 17.8 Å². The van der Waals surface area contributed by atoms with Gasteiger partial charge in [0.2, 0.25) is 0 Å². The Balaban J connectivity index is 2.70. The number of rotatable bonds is 5. The van der Waals surface area contributed by atoms with Crippen molar-refractivity contribution in [1.29, 1.82) is 0 Å². The van der Waals surface area contributed by atoms with E-state index in [4.69, 9.17) is 0 Å². The molecule has 1 aromatic rings. The third-order valence-corrected chi connectivity index (χ3v) is 3.25. The molecule has 90 valence electrons. The van der Waals surface area contributed by atoms with Gasteiger partial charge in [-0.15, -0.1) is 0 Å². The van der Waals surface area contributed by atoms with Crippen LogP contribution < -0.4 is 10.2 Å². The average molecular weight is 220 g/mol. The van der Waals surface area contributed by atoms with Gasteiger partial charge in [-0.25, -0.2) is 0 Å². The highest BCUT2D eigenvalue weighted by atomic mass is 15.1. The standard InChI is InChI=1S/C14H24N2/c1-6-11(2)12(3)15-13-8-7-9-14(10-13)16(4)5/h7-12,15H,6H2,1-5H3. The molecule has 2 heteroatoms. The molecule has 2 unspecified atom stereocenters. The lowest BCUT2D eigenvalue weighted by atomic mass is 10.0. The third kappa shape index (κ3) is 3.44. The van der Waals surface area contributed by atoms with E-state index in [9.17, 15) is 0 Å². The van der Waals surface area contributed by atoms with Crippen LogP contribution in [0.5, 0.6) is 0 Å². The van der Waals surface area contributed by atoms with Crippen molar-refractivity contribution >= 4 is 11.4 Å². The van der Waals surface area contributed by atoms with Crippen LogP contribution in [0.4, 0.5) is 11.4 Å². The molecule has 0 saturated heterocycles. The molecule has 0 saturated carbocycles. The van der Waals surface area contributed by atoms with Crippen LogP contribution >= 0.6 is 0 Å². The topological polar surface area (TPSA) is 15.3 Å². The fourth-order valence-corrected chi connectivity index (χ4v) is 1.63. The lowest BCUT2D eigenvalue weighted by molar-refractivity contribution is 0.494. The summed E-state index contributed by atoms with van der Waals surface area (Å²) in [7, 11) is 4.13. The molecule has 1 aromatic carbocycles. The Bertz CT molecular complexity index is 320. The van der Waals surface area contributed by atoms with Gasteiger partial charge in [0.05, 0.1) is 0 Å². The van der Waals surface area contributed by atoms with E-state index in [2.05, 4.69) is 69.3 Å². The maximum atomic E-state index is 3.56. The molecule has 1 rings (SSSR count). The first kappa shape index (κ1) is 12.9. The number of anilines is 2. The first-order valence-corrected chi connectivity index (χ1v) is 6.08. The normalized spacial score (nSPS) is 14.3. The van der Waals surface area contributed by atoms with Crippen LogP contribution in [-0.2, 0) is 0 Å². The van der Waals surface area contributed by atoms with Crippen molar-refractivity contribution in [2.45, 2.75) is 33.2 Å². The van der Waals surface area contributed by atoms with Crippen LogP contribution in [0.15, 0.2) is 24.3 Å². The first-order chi connectivity index (χ1) is 7.54. The van der Waals surface area contributed by atoms with Crippen molar-refractivity contribution in [1.82, 2.24) is 0 Å². The fraction of sp³-hybridized carbons (Fsp3) is 0.571. The van der Waals surface area contributed by atoms with Crippen LogP contribution in [0.2, 0.25) is 0 Å². The predicted molar refractivity (Wildman–Crippen MR) is 73.3 cm³/mol. The molecule has 0 radical (unpaired) electrons. The van der Waals surface area contributed by atoms with Gasteiger partial charge in [0, 0.05) is 31.5 Å². The molecule has 0 aliphatic rings. The maximum Gasteiger partial charge on any atom is 0.0381 e. The Morgan fingerprint density at radius 2 is 1.94 bits per heavy atom. The van der Waals surface area contributed by atoms with E-state index < -0.39 is 0 Å². The van der Waals surface area contributed by atoms with Crippen LogP contribution in [0.25, 0.3) is 0 Å². The second-order valence-corrected chi connectivity index (χ2v) is 4.76. The molecule has 0 aliphatic heterocycles. The molecule has 0 fully saturated rings. The molecule has 0 heterocycles. The summed E-state index contributed by atoms with van der Waals surface area (Å²) >= 11 is 0. The van der Waals surface area contributed by atoms with Gasteiger partial charge in [0.1, 0.15) is 0 Å². The number of benzene rings is 1. The van der Waals surface area contributed by atoms with Crippen molar-refractivity contribution in [3.63, 3.8) is 0 Å². The Hall–Kier alpha value is -1.18. The Kier molecular flexibility index (Phi) is 4.66. The van der Waals surface area contributed by atoms with Crippen molar-refractivity contribution in [3.05, 3.63) is 24.3 Å². The number of nitrogens with one attached hydrogen (secondary N) is 1. The van der Waals surface area contributed by atoms with Crippen LogP contribution in [0.3, 0.4) is 0 Å². The zero-order valence-corrected chi connectivity index (χ0v) is 11.1. The minimum absolute atomic E-state index is 0.516. The van der Waals surface area contributed by atoms with Gasteiger partial charge < -0.3 is 10.2 Å². The van der Waals surface area contributed by atoms with Crippen molar-refractivity contribution in [3.8, 4) is 0 Å². The second-order valence-electron chi connectivity index (χ2n) is 4.76. The van der Waals surface area contributed by atoms with E-state index in [1.54, 1.807) is 0 Å². The summed E-state index contributed by atoms with van der Waals surface area (Å²) in [5.41, 5.74) is 2.44. The molecule has 0 bridgehead atoms. The number of nitrogens with zero attached hydrogens (tertiary/aromatic N) is 1. The average Bonchev–Trinajstić information content (AvgIpc) is 2.28. The van der Waals surface area contributed by atoms with Gasteiger partial charge in [-0.1, -0.05) is 26.3 Å². The quantitative estimate of drug-likeness (QED) is 0.815. The van der Waals surface area contributed by atoms with Gasteiger partial charge >= 0.3 is 0 Å². The zero-order chi connectivity index (χ0) is 12.1. The van der Waals surface area contributed by atoms with Gasteiger partial charge in [0.15, 0.2) is 0 Å². The molecule has 1 N–H and O–H groups in total. The van der Waals surface area contributed by atoms with E-state index >= 15 is 0 Å². The highest BCUT2D eigenvalue weighted by molar-refractivity contribution is 5.57. The first-order valence-electron chi connectivity index (χ1n) is 6.08. The summed E-state index contributed by atoms with van der Waals surface area (Å²) in [4.78, 5) is 2.12. The Morgan fingerprint density at radius 3 is 2.50 bits per heavy atom. The zero-order valence-electron chi connectivity index (χ0n) is 11.1. The van der Waals surface area contributed by atoms with Crippen LogP contribution in [-0.4, -0.2) is 20.1 Å². The smallest absolute Gasteiger partial charge is 0.0381 e. The monoisotopic (exact) mass is 220 g/mol. The SMILES string of the molecule is CCC(C)C(C)Nc1cccc(N(C)C)c1. The lowest BCUT2D eigenvalue weighted by Gasteiger charge is -2.22. The molecular weight excluding hydrogens is 196 g/mol. The summed E-state index contributed by atoms with van der Waals surface area (Å²) in [6.45, 7) is 6.77. The highest BCUT2D eigenvalue weighted by Gasteiger charge is 2.09. The Morgan fingerprint density at radius 1 is 1.25 bits per heavy atom. The summed E-state index contributed by atoms with van der Waals surface area (Å²) in [6, 6.07) is 9.06. The molecule has 0 aromatic heterocycles. The molecule has 2 atom stereocenters. The van der Waals surface area contributed by atoms with Gasteiger partial charge in [-0.2, -0.15) is 0 Å². The number of hydrogen-bond acceptors (Lipinski definition) is 2. The third-order valence-electron chi connectivity index (χ3n) is 3.25. The van der Waals surface area contributed by atoms with Crippen LogP contribution in [0, 0.1) is 5.92 Å². The molecule has 0 spiro atoms. The second kappa shape index (κ2) is 5.78. The molecule has 0 amide bonds. The summed E-state index contributed by atoms with van der Waals surface area (Å²) < 4.78 is 0. The molecule has 16 heavy (non-hydrogen) atoms. The fourth-order valence-electron chi connectivity index (χ4n) is 1.63. The minimum Gasteiger partial charge on any atom is -0.382 e. The van der Waals surface area contributed by atoms with E-state index in [1.807, 2.05) is 0 Å². The minimum atomic E-state index is 0.516. The lowest BCUT2D eigenvalue weighted by Crippen LogP contribution is -2.23. The van der Waals surface area contributed by atoms with E-state index in [-0.39, 0.29) is 0 Å². The van der Waals surface area contributed by atoms with Gasteiger partial charge in [-0.3, -0.25) is 0 Å². The maximum absolute atomic E-state index is 3.56. The summed E-state index contributed by atoms with van der Waals surface area (Å²) in [5, 5.41) is 3.56. The summed E-state index contributed by atoms with van der Waals surface area (Å²) in [6.07, 6.45) is 1.21. The van der Waals surface area contributed by atoms with Crippen molar-refractivity contribution in [2.24, 2.45) is 5.92 Å². The van der Waals surface area contributed by atoms with Gasteiger partial charge in [0.25, 0.3) is 0 Å². The van der Waals surface area contributed by atoms with Crippen molar-refractivity contribution < 1.29 is 0 Å². The van der Waals surface area contributed by atoms with E-state index in [0.29, 0.717) is 12.0 Å². The predicted octanol–water partition coefficient (Wildman–Crippen LogP) is 3.60. The van der Waals surface area contributed by atoms with Crippen LogP contribution in [0.1, 0.15) is 27.2 Å².